The van der Waals surface area contributed by atoms with Crippen molar-refractivity contribution in [3.8, 4) is 0 Å². The minimum absolute atomic E-state index is 0.873. The summed E-state index contributed by atoms with van der Waals surface area (Å²) in [6, 6.07) is 3.78. The van der Waals surface area contributed by atoms with Crippen molar-refractivity contribution < 1.29 is 0 Å². The molecule has 1 aliphatic rings. The Balaban J connectivity index is 2.67. The number of rotatable bonds is 0. The maximum absolute atomic E-state index is 4.14. The lowest BCUT2D eigenvalue weighted by molar-refractivity contribution is 1.28. The van der Waals surface area contributed by atoms with E-state index in [4.69, 9.17) is 0 Å². The van der Waals surface area contributed by atoms with Crippen molar-refractivity contribution in [2.45, 2.75) is 0 Å². The fraction of sp³-hybridized carbons (Fsp3) is 0. The van der Waals surface area contributed by atoms with Crippen molar-refractivity contribution in [3.63, 3.8) is 0 Å². The summed E-state index contributed by atoms with van der Waals surface area (Å²) in [7, 11) is 0. The van der Waals surface area contributed by atoms with E-state index in [-0.39, 0.29) is 0 Å². The predicted molar refractivity (Wildman–Crippen MR) is 44.9 cm³/mol. The van der Waals surface area contributed by atoms with Crippen LogP contribution in [0.3, 0.4) is 0 Å². The zero-order valence-corrected chi connectivity index (χ0v) is 5.86. The Morgan fingerprint density at radius 2 is 2.36 bits per heavy atom. The van der Waals surface area contributed by atoms with Gasteiger partial charge >= 0.3 is 0 Å². The fourth-order valence-corrected chi connectivity index (χ4v) is 0.921. The number of nitrogens with zero attached hydrogens (tertiary/aromatic N) is 2. The molecule has 1 aliphatic heterocycles. The van der Waals surface area contributed by atoms with Crippen LogP contribution < -0.4 is 0 Å². The zero-order valence-electron chi connectivity index (χ0n) is 5.86. The van der Waals surface area contributed by atoms with Gasteiger partial charge in [0, 0.05) is 6.20 Å². The third-order valence-corrected chi connectivity index (χ3v) is 1.43. The van der Waals surface area contributed by atoms with Crippen molar-refractivity contribution in [1.29, 1.82) is 0 Å². The summed E-state index contributed by atoms with van der Waals surface area (Å²) < 4.78 is 0. The molecule has 0 aliphatic carbocycles. The van der Waals surface area contributed by atoms with Crippen LogP contribution in [-0.4, -0.2) is 10.9 Å². The van der Waals surface area contributed by atoms with Gasteiger partial charge in [0.1, 0.15) is 0 Å². The van der Waals surface area contributed by atoms with E-state index < -0.39 is 0 Å². The van der Waals surface area contributed by atoms with Gasteiger partial charge in [0.2, 0.25) is 0 Å². The van der Waals surface area contributed by atoms with Crippen LogP contribution in [0.25, 0.3) is 6.08 Å². The molecule has 11 heavy (non-hydrogen) atoms. The first-order valence-electron chi connectivity index (χ1n) is 3.38. The van der Waals surface area contributed by atoms with Crippen molar-refractivity contribution in [2.24, 2.45) is 4.99 Å². The van der Waals surface area contributed by atoms with E-state index in [1.807, 2.05) is 24.3 Å². The van der Waals surface area contributed by atoms with Gasteiger partial charge < -0.3 is 0 Å². The summed E-state index contributed by atoms with van der Waals surface area (Å²) in [5, 5.41) is 0. The second kappa shape index (κ2) is 2.52. The summed E-state index contributed by atoms with van der Waals surface area (Å²) in [6.45, 7) is 0. The molecule has 0 saturated carbocycles. The molecular formula is C9H6N2. The summed E-state index contributed by atoms with van der Waals surface area (Å²) in [4.78, 5) is 8.19. The van der Waals surface area contributed by atoms with Crippen LogP contribution in [-0.2, 0) is 0 Å². The third kappa shape index (κ3) is 1.11. The summed E-state index contributed by atoms with van der Waals surface area (Å²) in [5.41, 5.74) is 1.77. The topological polar surface area (TPSA) is 25.2 Å². The SMILES string of the molecule is C1=CC=Cc2ncccc2N=1. The molecule has 2 rings (SSSR count). The highest BCUT2D eigenvalue weighted by Gasteiger charge is 1.96. The highest BCUT2D eigenvalue weighted by Crippen LogP contribution is 2.17. The number of hydrogen-bond donors (Lipinski definition) is 0. The van der Waals surface area contributed by atoms with E-state index in [0.29, 0.717) is 0 Å². The molecule has 52 valence electrons. The van der Waals surface area contributed by atoms with Gasteiger partial charge in [-0.2, -0.15) is 0 Å². The van der Waals surface area contributed by atoms with E-state index in [1.54, 1.807) is 12.3 Å². The van der Waals surface area contributed by atoms with Crippen LogP contribution in [0.1, 0.15) is 5.69 Å². The van der Waals surface area contributed by atoms with Crippen molar-refractivity contribution in [1.82, 2.24) is 4.98 Å². The van der Waals surface area contributed by atoms with E-state index in [1.165, 1.54) is 0 Å². The molecule has 0 fully saturated rings. The number of aromatic nitrogens is 1. The van der Waals surface area contributed by atoms with Crippen LogP contribution in [0.5, 0.6) is 0 Å². The number of allylic oxidation sites excluding steroid dienone is 2. The van der Waals surface area contributed by atoms with E-state index in [0.717, 1.165) is 11.4 Å². The normalized spacial score (nSPS) is 12.7. The van der Waals surface area contributed by atoms with Gasteiger partial charge in [-0.1, -0.05) is 6.08 Å². The fourth-order valence-electron chi connectivity index (χ4n) is 0.921. The lowest BCUT2D eigenvalue weighted by atomic mass is 10.3. The largest absolute Gasteiger partial charge is 0.255 e. The average molecular weight is 142 g/mol. The Hall–Kier alpha value is -1.66. The Labute approximate surface area is 64.6 Å². The van der Waals surface area contributed by atoms with E-state index in [9.17, 15) is 0 Å². The molecule has 0 amide bonds. The molecular weight excluding hydrogens is 136 g/mol. The van der Waals surface area contributed by atoms with Crippen LogP contribution in [0.15, 0.2) is 35.5 Å². The smallest absolute Gasteiger partial charge is 0.0986 e. The Kier molecular flexibility index (Phi) is 1.39. The zero-order chi connectivity index (χ0) is 7.52. The van der Waals surface area contributed by atoms with Crippen LogP contribution in [0, 0.1) is 0 Å². The van der Waals surface area contributed by atoms with E-state index in [2.05, 4.69) is 15.8 Å². The van der Waals surface area contributed by atoms with Gasteiger partial charge in [-0.05, 0) is 30.2 Å². The molecule has 2 heteroatoms. The van der Waals surface area contributed by atoms with Crippen molar-refractivity contribution >= 4 is 17.6 Å². The molecule has 1 aromatic rings. The Morgan fingerprint density at radius 1 is 1.36 bits per heavy atom. The first kappa shape index (κ1) is 6.08. The number of hydrogen-bond acceptors (Lipinski definition) is 2. The lowest BCUT2D eigenvalue weighted by Crippen LogP contribution is -1.77. The van der Waals surface area contributed by atoms with Gasteiger partial charge in [0.05, 0.1) is 11.4 Å². The van der Waals surface area contributed by atoms with Gasteiger partial charge in [-0.25, -0.2) is 4.99 Å². The molecule has 0 spiro atoms. The minimum atomic E-state index is 0.873. The summed E-state index contributed by atoms with van der Waals surface area (Å²) in [6.07, 6.45) is 7.31. The maximum Gasteiger partial charge on any atom is 0.0986 e. The molecule has 0 atom stereocenters. The second-order valence-electron chi connectivity index (χ2n) is 2.17. The highest BCUT2D eigenvalue weighted by molar-refractivity contribution is 5.72. The minimum Gasteiger partial charge on any atom is -0.255 e. The van der Waals surface area contributed by atoms with Gasteiger partial charge in [-0.3, -0.25) is 4.98 Å². The molecule has 0 aromatic carbocycles. The molecule has 0 unspecified atom stereocenters. The standard InChI is InChI=1S/C9H6N2/c1-2-6-10-9-5-3-7-11-8(9)4-1/h1-5,7H. The van der Waals surface area contributed by atoms with Gasteiger partial charge in [0.15, 0.2) is 0 Å². The Morgan fingerprint density at radius 3 is 3.36 bits per heavy atom. The Bertz CT molecular complexity index is 358. The van der Waals surface area contributed by atoms with Gasteiger partial charge in [-0.15, -0.1) is 0 Å². The van der Waals surface area contributed by atoms with Crippen LogP contribution in [0.4, 0.5) is 5.69 Å². The molecule has 2 heterocycles. The van der Waals surface area contributed by atoms with Crippen molar-refractivity contribution in [2.75, 3.05) is 0 Å². The van der Waals surface area contributed by atoms with Gasteiger partial charge in [0.25, 0.3) is 0 Å². The average Bonchev–Trinajstić information content (AvgIpc) is 2.28. The highest BCUT2D eigenvalue weighted by atomic mass is 14.8. The molecule has 2 nitrogen and oxygen atoms in total. The predicted octanol–water partition coefficient (Wildman–Crippen LogP) is 1.97. The lowest BCUT2D eigenvalue weighted by Gasteiger charge is -1.93. The first-order chi connectivity index (χ1) is 5.47. The number of aliphatic imine (C=N–C) groups is 1. The first-order valence-corrected chi connectivity index (χ1v) is 3.38. The molecule has 0 N–H and O–H groups in total. The molecule has 0 radical (unpaired) electrons. The maximum atomic E-state index is 4.14. The third-order valence-electron chi connectivity index (χ3n) is 1.43. The summed E-state index contributed by atoms with van der Waals surface area (Å²) in [5.74, 6) is 2.78. The van der Waals surface area contributed by atoms with Crippen molar-refractivity contribution in [3.05, 3.63) is 36.2 Å². The molecule has 1 aromatic heterocycles. The van der Waals surface area contributed by atoms with Crippen LogP contribution >= 0.6 is 0 Å². The molecule has 0 bridgehead atoms. The van der Waals surface area contributed by atoms with Crippen LogP contribution in [0.2, 0.25) is 0 Å². The molecule has 0 saturated heterocycles. The second-order valence-corrected chi connectivity index (χ2v) is 2.17. The quantitative estimate of drug-likeness (QED) is 0.543. The van der Waals surface area contributed by atoms with E-state index >= 15 is 0 Å². The summed E-state index contributed by atoms with van der Waals surface area (Å²) >= 11 is 0. The monoisotopic (exact) mass is 142 g/mol. The number of pyridine rings is 1. The number of fused-ring (bicyclic) bond motifs is 1.